The van der Waals surface area contributed by atoms with Crippen molar-refractivity contribution in [2.24, 2.45) is 0 Å². The Morgan fingerprint density at radius 1 is 1.06 bits per heavy atom. The Hall–Kier alpha value is -4.18. The van der Waals surface area contributed by atoms with Crippen molar-refractivity contribution >= 4 is 28.6 Å². The molecule has 35 heavy (non-hydrogen) atoms. The number of nitrogens with zero attached hydrogens (tertiary/aromatic N) is 5. The molecule has 9 nitrogen and oxygen atoms in total. The molecule has 0 spiro atoms. The topological polar surface area (TPSA) is 113 Å². The number of piperidine rings is 1. The number of carboxylic acids is 1. The molecule has 0 aliphatic carbocycles. The van der Waals surface area contributed by atoms with E-state index >= 15 is 4.39 Å². The van der Waals surface area contributed by atoms with Crippen molar-refractivity contribution in [3.05, 3.63) is 72.2 Å². The largest absolute Gasteiger partial charge is 0.476 e. The van der Waals surface area contributed by atoms with Gasteiger partial charge in [-0.3, -0.25) is 14.9 Å². The summed E-state index contributed by atoms with van der Waals surface area (Å²) in [5.41, 5.74) is 1.77. The monoisotopic (exact) mass is 474 g/mol. The smallest absolute Gasteiger partial charge is 0.357 e. The third kappa shape index (κ3) is 4.73. The van der Waals surface area contributed by atoms with E-state index in [-0.39, 0.29) is 22.2 Å². The van der Waals surface area contributed by atoms with Crippen molar-refractivity contribution in [3.8, 4) is 11.1 Å². The normalized spacial score (nSPS) is 14.2. The second kappa shape index (κ2) is 9.59. The van der Waals surface area contributed by atoms with Crippen LogP contribution in [0.2, 0.25) is 0 Å². The first-order valence-electron chi connectivity index (χ1n) is 11.3. The maximum Gasteiger partial charge on any atom is 0.357 e. The molecular formula is C25H23FN6O3. The summed E-state index contributed by atoms with van der Waals surface area (Å²) >= 11 is 0. The summed E-state index contributed by atoms with van der Waals surface area (Å²) in [5, 5.41) is 16.4. The van der Waals surface area contributed by atoms with Crippen LogP contribution in [0.1, 0.15) is 35.3 Å². The molecule has 3 aromatic heterocycles. The number of aromatic carboxylic acids is 1. The van der Waals surface area contributed by atoms with Crippen LogP contribution < -0.4 is 5.32 Å². The van der Waals surface area contributed by atoms with E-state index in [9.17, 15) is 14.7 Å². The highest BCUT2D eigenvalue weighted by Crippen LogP contribution is 2.30. The van der Waals surface area contributed by atoms with E-state index in [1.54, 1.807) is 30.7 Å². The van der Waals surface area contributed by atoms with Crippen molar-refractivity contribution in [3.63, 3.8) is 0 Å². The highest BCUT2D eigenvalue weighted by molar-refractivity contribution is 6.06. The van der Waals surface area contributed by atoms with Gasteiger partial charge in [-0.2, -0.15) is 9.78 Å². The lowest BCUT2D eigenvalue weighted by Crippen LogP contribution is -2.29. The van der Waals surface area contributed by atoms with Crippen LogP contribution in [0.15, 0.2) is 55.1 Å². The molecule has 10 heteroatoms. The summed E-state index contributed by atoms with van der Waals surface area (Å²) in [7, 11) is 0. The molecule has 178 valence electrons. The number of nitrogens with one attached hydrogen (secondary N) is 1. The van der Waals surface area contributed by atoms with Crippen LogP contribution in [0.3, 0.4) is 0 Å². The van der Waals surface area contributed by atoms with E-state index in [0.717, 1.165) is 48.8 Å². The van der Waals surface area contributed by atoms with Crippen molar-refractivity contribution in [1.82, 2.24) is 24.6 Å². The van der Waals surface area contributed by atoms with Crippen LogP contribution in [0.4, 0.5) is 14.9 Å². The second-order valence-electron chi connectivity index (χ2n) is 8.51. The van der Waals surface area contributed by atoms with Crippen LogP contribution in [0, 0.1) is 5.82 Å². The lowest BCUT2D eigenvalue weighted by Gasteiger charge is -2.26. The highest BCUT2D eigenvalue weighted by atomic mass is 19.1. The molecule has 1 saturated heterocycles. The summed E-state index contributed by atoms with van der Waals surface area (Å²) in [5.74, 6) is -1.93. The molecule has 2 N–H and O–H groups in total. The molecule has 0 unspecified atom stereocenters. The van der Waals surface area contributed by atoms with Gasteiger partial charge in [-0.15, -0.1) is 0 Å². The number of hydrogen-bond donors (Lipinski definition) is 2. The average Bonchev–Trinajstić information content (AvgIpc) is 3.24. The van der Waals surface area contributed by atoms with E-state index in [4.69, 9.17) is 0 Å². The van der Waals surface area contributed by atoms with E-state index < -0.39 is 17.8 Å². The van der Waals surface area contributed by atoms with Gasteiger partial charge < -0.3 is 10.4 Å². The Bertz CT molecular complexity index is 1400. The molecule has 0 saturated carbocycles. The van der Waals surface area contributed by atoms with Crippen LogP contribution in [-0.2, 0) is 6.54 Å². The molecule has 0 bridgehead atoms. The number of rotatable bonds is 5. The van der Waals surface area contributed by atoms with E-state index in [1.807, 2.05) is 6.07 Å². The lowest BCUT2D eigenvalue weighted by atomic mass is 10.0. The van der Waals surface area contributed by atoms with Crippen molar-refractivity contribution in [2.45, 2.75) is 25.8 Å². The Kier molecular flexibility index (Phi) is 6.19. The van der Waals surface area contributed by atoms with Crippen molar-refractivity contribution < 1.29 is 19.1 Å². The molecule has 1 amide bonds. The lowest BCUT2D eigenvalue weighted by molar-refractivity contribution is 0.0692. The molecule has 1 aromatic carbocycles. The summed E-state index contributed by atoms with van der Waals surface area (Å²) in [6.45, 7) is 2.76. The molecule has 5 rings (SSSR count). The number of carbonyl (C=O) groups is 2. The number of pyridine rings is 2. The minimum atomic E-state index is -1.32. The second-order valence-corrected chi connectivity index (χ2v) is 8.51. The zero-order valence-corrected chi connectivity index (χ0v) is 18.8. The minimum absolute atomic E-state index is 0.0440. The number of halogens is 1. The third-order valence-electron chi connectivity index (χ3n) is 6.04. The van der Waals surface area contributed by atoms with Gasteiger partial charge >= 0.3 is 12.0 Å². The fourth-order valence-corrected chi connectivity index (χ4v) is 4.38. The first-order valence-corrected chi connectivity index (χ1v) is 11.3. The number of carbonyl (C=O) groups excluding carboxylic acids is 1. The highest BCUT2D eigenvalue weighted by Gasteiger charge is 2.23. The van der Waals surface area contributed by atoms with Gasteiger partial charge in [-0.1, -0.05) is 6.42 Å². The maximum absolute atomic E-state index is 15.3. The van der Waals surface area contributed by atoms with Crippen LogP contribution in [0.25, 0.3) is 22.0 Å². The van der Waals surface area contributed by atoms with Crippen LogP contribution >= 0.6 is 0 Å². The fraction of sp³-hybridized carbons (Fsp3) is 0.240. The van der Waals surface area contributed by atoms with Gasteiger partial charge in [-0.05, 0) is 55.8 Å². The van der Waals surface area contributed by atoms with Crippen LogP contribution in [-0.4, -0.2) is 54.8 Å². The molecular weight excluding hydrogens is 451 g/mol. The molecule has 4 heterocycles. The Morgan fingerprint density at radius 3 is 2.63 bits per heavy atom. The Balaban J connectivity index is 1.52. The molecule has 0 radical (unpaired) electrons. The van der Waals surface area contributed by atoms with Gasteiger partial charge in [-0.25, -0.2) is 14.0 Å². The van der Waals surface area contributed by atoms with Gasteiger partial charge in [0.25, 0.3) is 0 Å². The summed E-state index contributed by atoms with van der Waals surface area (Å²) < 4.78 is 16.2. The number of anilines is 1. The molecule has 1 aliphatic heterocycles. The molecule has 1 fully saturated rings. The van der Waals surface area contributed by atoms with E-state index in [2.05, 4.69) is 25.3 Å². The number of amides is 1. The Labute approximate surface area is 200 Å². The van der Waals surface area contributed by atoms with Gasteiger partial charge in [0, 0.05) is 47.7 Å². The number of fused-ring (bicyclic) bond motifs is 1. The van der Waals surface area contributed by atoms with E-state index in [0.29, 0.717) is 11.3 Å². The van der Waals surface area contributed by atoms with Gasteiger partial charge in [0.2, 0.25) is 0 Å². The number of aromatic nitrogens is 4. The summed E-state index contributed by atoms with van der Waals surface area (Å²) in [4.78, 5) is 35.2. The van der Waals surface area contributed by atoms with Crippen molar-refractivity contribution in [1.29, 1.82) is 0 Å². The number of benzene rings is 1. The zero-order valence-electron chi connectivity index (χ0n) is 18.8. The first-order chi connectivity index (χ1) is 17.0. The van der Waals surface area contributed by atoms with Crippen molar-refractivity contribution in [2.75, 3.05) is 18.4 Å². The summed E-state index contributed by atoms with van der Waals surface area (Å²) in [6, 6.07) is 6.94. The average molecular weight is 474 g/mol. The number of carboxylic acid groups (broad SMARTS) is 1. The van der Waals surface area contributed by atoms with Gasteiger partial charge in [0.1, 0.15) is 5.82 Å². The maximum atomic E-state index is 15.3. The van der Waals surface area contributed by atoms with Gasteiger partial charge in [0.15, 0.2) is 5.69 Å². The number of hydrogen-bond acceptors (Lipinski definition) is 6. The molecule has 1 aliphatic rings. The number of likely N-dealkylation sites (tertiary alicyclic amines) is 1. The Morgan fingerprint density at radius 2 is 1.89 bits per heavy atom. The fourth-order valence-electron chi connectivity index (χ4n) is 4.38. The summed E-state index contributed by atoms with van der Waals surface area (Å²) in [6.07, 6.45) is 9.85. The van der Waals surface area contributed by atoms with Gasteiger partial charge in [0.05, 0.1) is 17.4 Å². The standard InChI is InChI=1S/C25H23FN6O3/c26-21-11-22-20(23(24(33)34)30-32(22)25(35)29-18-5-4-6-27-14-18)10-19(21)17-9-16(12-28-13-17)15-31-7-2-1-3-8-31/h4-6,9-14H,1-3,7-8,15H2,(H,29,35)(H,33,34). The predicted molar refractivity (Wildman–Crippen MR) is 128 cm³/mol. The zero-order chi connectivity index (χ0) is 24.4. The third-order valence-corrected chi connectivity index (χ3v) is 6.04. The quantitative estimate of drug-likeness (QED) is 0.441. The van der Waals surface area contributed by atoms with Crippen LogP contribution in [0.5, 0.6) is 0 Å². The predicted octanol–water partition coefficient (Wildman–Crippen LogP) is 4.40. The molecule has 4 aromatic rings. The molecule has 0 atom stereocenters. The first kappa shape index (κ1) is 22.6. The SMILES string of the molecule is O=C(O)c1nn(C(=O)Nc2cccnc2)c2cc(F)c(-c3cncc(CN4CCCCC4)c3)cc12. The van der Waals surface area contributed by atoms with E-state index in [1.165, 1.54) is 18.7 Å². The minimum Gasteiger partial charge on any atom is -0.476 e.